The average molecular weight is 517 g/mol. The Kier molecular flexibility index (Phi) is 8.21. The molecule has 174 valence electrons. The Bertz CT molecular complexity index is 1020. The molecule has 1 aliphatic rings. The van der Waals surface area contributed by atoms with Crippen LogP contribution in [0.15, 0.2) is 53.0 Å². The second kappa shape index (κ2) is 11.1. The van der Waals surface area contributed by atoms with Gasteiger partial charge in [-0.2, -0.15) is 0 Å². The zero-order chi connectivity index (χ0) is 24.0. The predicted molar refractivity (Wildman–Crippen MR) is 126 cm³/mol. The largest absolute Gasteiger partial charge is 0.462 e. The van der Waals surface area contributed by atoms with Crippen LogP contribution in [0.3, 0.4) is 0 Å². The molecule has 2 aromatic carbocycles. The third-order valence-electron chi connectivity index (χ3n) is 4.89. The predicted octanol–water partition coefficient (Wildman–Crippen LogP) is 3.80. The third-order valence-corrected chi connectivity index (χ3v) is 5.42. The molecule has 1 atom stereocenters. The van der Waals surface area contributed by atoms with Crippen molar-refractivity contribution in [2.45, 2.75) is 20.3 Å². The quantitative estimate of drug-likeness (QED) is 0.535. The Labute approximate surface area is 200 Å². The van der Waals surface area contributed by atoms with Crippen LogP contribution >= 0.6 is 15.9 Å². The highest BCUT2D eigenvalue weighted by atomic mass is 79.9. The minimum absolute atomic E-state index is 0.0326. The Morgan fingerprint density at radius 3 is 2.36 bits per heavy atom. The van der Waals surface area contributed by atoms with Gasteiger partial charge in [0, 0.05) is 28.8 Å². The summed E-state index contributed by atoms with van der Waals surface area (Å²) in [6, 6.07) is 13.4. The normalized spacial score (nSPS) is 15.5. The first kappa shape index (κ1) is 24.4. The summed E-state index contributed by atoms with van der Waals surface area (Å²) in [6.07, 6.45) is 0.0326. The van der Waals surface area contributed by atoms with Gasteiger partial charge in [-0.15, -0.1) is 0 Å². The van der Waals surface area contributed by atoms with E-state index in [1.54, 1.807) is 36.4 Å². The minimum atomic E-state index is -0.634. The van der Waals surface area contributed by atoms with Crippen LogP contribution in [0, 0.1) is 11.8 Å². The maximum atomic E-state index is 12.4. The molecule has 8 nitrogen and oxygen atoms in total. The molecule has 1 heterocycles. The second-order valence-electron chi connectivity index (χ2n) is 8.11. The van der Waals surface area contributed by atoms with Gasteiger partial charge >= 0.3 is 11.9 Å². The lowest BCUT2D eigenvalue weighted by Crippen LogP contribution is -2.28. The molecule has 2 amide bonds. The number of halogens is 1. The van der Waals surface area contributed by atoms with Crippen LogP contribution in [0.4, 0.5) is 11.4 Å². The van der Waals surface area contributed by atoms with E-state index in [0.717, 1.165) is 4.47 Å². The van der Waals surface area contributed by atoms with Crippen molar-refractivity contribution in [2.24, 2.45) is 11.8 Å². The molecular formula is C24H25BrN2O6. The molecule has 1 saturated heterocycles. The molecular weight excluding hydrogens is 492 g/mol. The number of hydrogen-bond donors (Lipinski definition) is 1. The number of hydrogen-bond acceptors (Lipinski definition) is 6. The number of amides is 2. The summed E-state index contributed by atoms with van der Waals surface area (Å²) in [7, 11) is 0. The number of nitrogens with zero attached hydrogens (tertiary/aromatic N) is 1. The van der Waals surface area contributed by atoms with Gasteiger partial charge < -0.3 is 19.7 Å². The third kappa shape index (κ3) is 6.89. The van der Waals surface area contributed by atoms with Gasteiger partial charge in [-0.1, -0.05) is 29.8 Å². The van der Waals surface area contributed by atoms with E-state index >= 15 is 0 Å². The smallest absolute Gasteiger partial charge is 0.338 e. The number of benzene rings is 2. The summed E-state index contributed by atoms with van der Waals surface area (Å²) in [5.74, 6) is -2.12. The summed E-state index contributed by atoms with van der Waals surface area (Å²) >= 11 is 3.35. The molecule has 1 fully saturated rings. The monoisotopic (exact) mass is 516 g/mol. The van der Waals surface area contributed by atoms with Gasteiger partial charge in [-0.05, 0) is 54.4 Å². The highest BCUT2D eigenvalue weighted by Crippen LogP contribution is 2.27. The number of ether oxygens (including phenoxy) is 2. The van der Waals surface area contributed by atoms with Crippen LogP contribution in [0.1, 0.15) is 30.6 Å². The summed E-state index contributed by atoms with van der Waals surface area (Å²) < 4.78 is 11.2. The van der Waals surface area contributed by atoms with Crippen LogP contribution in [0.2, 0.25) is 0 Å². The van der Waals surface area contributed by atoms with Gasteiger partial charge in [-0.25, -0.2) is 4.79 Å². The zero-order valence-electron chi connectivity index (χ0n) is 18.4. The van der Waals surface area contributed by atoms with Crippen molar-refractivity contribution in [2.75, 3.05) is 30.0 Å². The van der Waals surface area contributed by atoms with Gasteiger partial charge in [0.1, 0.15) is 0 Å². The van der Waals surface area contributed by atoms with Gasteiger partial charge in [0.25, 0.3) is 5.91 Å². The molecule has 1 aliphatic heterocycles. The number of carbonyl (C=O) groups excluding carboxylic acids is 4. The number of anilines is 2. The van der Waals surface area contributed by atoms with Gasteiger partial charge in [0.05, 0.1) is 18.1 Å². The Hall–Kier alpha value is -3.20. The van der Waals surface area contributed by atoms with Crippen LogP contribution in [0.5, 0.6) is 0 Å². The molecule has 33 heavy (non-hydrogen) atoms. The number of rotatable bonds is 8. The second-order valence-corrected chi connectivity index (χ2v) is 9.02. The molecule has 1 N–H and O–H groups in total. The zero-order valence-corrected chi connectivity index (χ0v) is 20.0. The fraction of sp³-hybridized carbons (Fsp3) is 0.333. The molecule has 0 aromatic heterocycles. The molecule has 9 heteroatoms. The topological polar surface area (TPSA) is 102 Å². The van der Waals surface area contributed by atoms with E-state index in [4.69, 9.17) is 9.47 Å². The number of carbonyl (C=O) groups is 4. The maximum absolute atomic E-state index is 12.4. The molecule has 0 spiro atoms. The SMILES string of the molecule is CC(C)COC(=O)c1ccc(NC(=O)COC(=O)[C@H]2CC(=O)N(c3ccc(Br)cc3)C2)cc1. The lowest BCUT2D eigenvalue weighted by atomic mass is 10.1. The van der Waals surface area contributed by atoms with Gasteiger partial charge in [0.15, 0.2) is 6.61 Å². The first-order valence-electron chi connectivity index (χ1n) is 10.5. The fourth-order valence-corrected chi connectivity index (χ4v) is 3.47. The number of nitrogens with one attached hydrogen (secondary N) is 1. The Morgan fingerprint density at radius 1 is 1.06 bits per heavy atom. The molecule has 0 saturated carbocycles. The summed E-state index contributed by atoms with van der Waals surface area (Å²) in [4.78, 5) is 50.3. The van der Waals surface area contributed by atoms with E-state index in [-0.39, 0.29) is 24.8 Å². The first-order valence-corrected chi connectivity index (χ1v) is 11.3. The van der Waals surface area contributed by atoms with Crippen molar-refractivity contribution < 1.29 is 28.7 Å². The van der Waals surface area contributed by atoms with Crippen LogP contribution in [0.25, 0.3) is 0 Å². The Morgan fingerprint density at radius 2 is 1.73 bits per heavy atom. The summed E-state index contributed by atoms with van der Waals surface area (Å²) in [6.45, 7) is 3.95. The van der Waals surface area contributed by atoms with Crippen molar-refractivity contribution in [3.05, 3.63) is 58.6 Å². The van der Waals surface area contributed by atoms with Crippen LogP contribution in [-0.2, 0) is 23.9 Å². The molecule has 2 aromatic rings. The van der Waals surface area contributed by atoms with Crippen molar-refractivity contribution in [1.29, 1.82) is 0 Å². The highest BCUT2D eigenvalue weighted by molar-refractivity contribution is 9.10. The summed E-state index contributed by atoms with van der Waals surface area (Å²) in [5, 5.41) is 2.60. The van der Waals surface area contributed by atoms with E-state index in [1.807, 2.05) is 26.0 Å². The maximum Gasteiger partial charge on any atom is 0.338 e. The van der Waals surface area contributed by atoms with Crippen molar-refractivity contribution in [3.63, 3.8) is 0 Å². The summed E-state index contributed by atoms with van der Waals surface area (Å²) in [5.41, 5.74) is 1.53. The van der Waals surface area contributed by atoms with E-state index in [0.29, 0.717) is 23.5 Å². The highest BCUT2D eigenvalue weighted by Gasteiger charge is 2.36. The van der Waals surface area contributed by atoms with Crippen molar-refractivity contribution in [3.8, 4) is 0 Å². The molecule has 0 unspecified atom stereocenters. The first-order chi connectivity index (χ1) is 15.7. The van der Waals surface area contributed by atoms with E-state index in [9.17, 15) is 19.2 Å². The minimum Gasteiger partial charge on any atom is -0.462 e. The fourth-order valence-electron chi connectivity index (χ4n) is 3.20. The average Bonchev–Trinajstić information content (AvgIpc) is 3.18. The molecule has 0 aliphatic carbocycles. The van der Waals surface area contributed by atoms with Crippen molar-refractivity contribution >= 4 is 51.1 Å². The van der Waals surface area contributed by atoms with E-state index < -0.39 is 30.4 Å². The van der Waals surface area contributed by atoms with Gasteiger partial charge in [-0.3, -0.25) is 14.4 Å². The molecule has 0 radical (unpaired) electrons. The standard InChI is InChI=1S/C24H25BrN2O6/c1-15(2)13-32-23(30)16-3-7-19(8-4-16)26-21(28)14-33-24(31)17-11-22(29)27(12-17)20-9-5-18(25)6-10-20/h3-10,15,17H,11-14H2,1-2H3,(H,26,28)/t17-/m0/s1. The van der Waals surface area contributed by atoms with Crippen LogP contribution < -0.4 is 10.2 Å². The van der Waals surface area contributed by atoms with E-state index in [1.165, 1.54) is 4.90 Å². The Balaban J connectivity index is 1.46. The van der Waals surface area contributed by atoms with Crippen LogP contribution in [-0.4, -0.2) is 43.5 Å². The lowest BCUT2D eigenvalue weighted by Gasteiger charge is -2.16. The van der Waals surface area contributed by atoms with Gasteiger partial charge in [0.2, 0.25) is 5.91 Å². The molecule has 0 bridgehead atoms. The van der Waals surface area contributed by atoms with Crippen molar-refractivity contribution in [1.82, 2.24) is 0 Å². The molecule has 3 rings (SSSR count). The van der Waals surface area contributed by atoms with E-state index in [2.05, 4.69) is 21.2 Å². The lowest BCUT2D eigenvalue weighted by molar-refractivity contribution is -0.151. The number of esters is 2.